The maximum atomic E-state index is 10.5. The molecule has 0 atom stereocenters. The third-order valence-corrected chi connectivity index (χ3v) is 2.85. The minimum atomic E-state index is 0.677. The van der Waals surface area contributed by atoms with Crippen LogP contribution in [0.2, 0.25) is 0 Å². The quantitative estimate of drug-likeness (QED) is 0.576. The number of carbonyl (C=O) groups excluding carboxylic acids is 1. The summed E-state index contributed by atoms with van der Waals surface area (Å²) in [4.78, 5) is 14.3. The highest BCUT2D eigenvalue weighted by Crippen LogP contribution is 2.31. The molecule has 0 saturated carbocycles. The van der Waals surface area contributed by atoms with E-state index in [4.69, 9.17) is 0 Å². The lowest BCUT2D eigenvalue weighted by Crippen LogP contribution is -1.86. The molecular formula is C16H15NO. The van der Waals surface area contributed by atoms with Crippen molar-refractivity contribution in [2.24, 2.45) is 4.99 Å². The van der Waals surface area contributed by atoms with Crippen LogP contribution < -0.4 is 0 Å². The van der Waals surface area contributed by atoms with Crippen LogP contribution in [0.25, 0.3) is 11.1 Å². The molecule has 0 aliphatic heterocycles. The van der Waals surface area contributed by atoms with Crippen LogP contribution in [0.1, 0.15) is 18.9 Å². The lowest BCUT2D eigenvalue weighted by atomic mass is 9.99. The van der Waals surface area contributed by atoms with Gasteiger partial charge >= 0.3 is 0 Å². The lowest BCUT2D eigenvalue weighted by molar-refractivity contribution is 0.565. The van der Waals surface area contributed by atoms with Crippen molar-refractivity contribution >= 4 is 11.8 Å². The first-order chi connectivity index (χ1) is 8.85. The Morgan fingerprint density at radius 2 is 1.89 bits per heavy atom. The molecule has 2 aromatic carbocycles. The van der Waals surface area contributed by atoms with Crippen molar-refractivity contribution in [3.8, 4) is 11.1 Å². The van der Waals surface area contributed by atoms with Crippen LogP contribution in [0.3, 0.4) is 0 Å². The average Bonchev–Trinajstić information content (AvgIpc) is 2.42. The number of aryl methyl sites for hydroxylation is 1. The van der Waals surface area contributed by atoms with Crippen LogP contribution in [-0.4, -0.2) is 6.08 Å². The molecule has 0 amide bonds. The van der Waals surface area contributed by atoms with Gasteiger partial charge in [0.25, 0.3) is 0 Å². The number of hydrogen-bond donors (Lipinski definition) is 0. The van der Waals surface area contributed by atoms with Gasteiger partial charge < -0.3 is 0 Å². The minimum absolute atomic E-state index is 0.677. The van der Waals surface area contributed by atoms with Crippen LogP contribution in [0.4, 0.5) is 5.69 Å². The molecule has 2 rings (SSSR count). The van der Waals surface area contributed by atoms with Gasteiger partial charge in [0.05, 0.1) is 5.69 Å². The maximum Gasteiger partial charge on any atom is 0.240 e. The van der Waals surface area contributed by atoms with E-state index in [1.165, 1.54) is 5.56 Å². The fourth-order valence-corrected chi connectivity index (χ4v) is 2.02. The molecule has 0 saturated heterocycles. The normalized spacial score (nSPS) is 9.83. The molecule has 2 nitrogen and oxygen atoms in total. The Hall–Kier alpha value is -2.18. The van der Waals surface area contributed by atoms with Crippen LogP contribution in [0.15, 0.2) is 53.5 Å². The monoisotopic (exact) mass is 237 g/mol. The SMILES string of the molecule is CCCc1ccc(N=C=O)c(-c2ccccc2)c1. The van der Waals surface area contributed by atoms with Gasteiger partial charge in [-0.15, -0.1) is 0 Å². The zero-order chi connectivity index (χ0) is 12.8. The standard InChI is InChI=1S/C16H15NO/c1-2-6-13-9-10-16(17-12-18)15(11-13)14-7-4-3-5-8-14/h3-5,7-11H,2,6H2,1H3. The molecule has 0 N–H and O–H groups in total. The Balaban J connectivity index is 2.54. The van der Waals surface area contributed by atoms with Gasteiger partial charge in [0.15, 0.2) is 0 Å². The first-order valence-electron chi connectivity index (χ1n) is 6.11. The Bertz CT molecular complexity index is 569. The third kappa shape index (κ3) is 2.73. The van der Waals surface area contributed by atoms with E-state index < -0.39 is 0 Å². The molecule has 0 fully saturated rings. The van der Waals surface area contributed by atoms with Crippen molar-refractivity contribution in [1.29, 1.82) is 0 Å². The highest BCUT2D eigenvalue weighted by Gasteiger charge is 2.05. The van der Waals surface area contributed by atoms with E-state index in [0.717, 1.165) is 24.0 Å². The number of rotatable bonds is 4. The first-order valence-corrected chi connectivity index (χ1v) is 6.11. The number of isocyanates is 1. The predicted octanol–water partition coefficient (Wildman–Crippen LogP) is 4.27. The topological polar surface area (TPSA) is 29.4 Å². The van der Waals surface area contributed by atoms with Crippen molar-refractivity contribution in [1.82, 2.24) is 0 Å². The van der Waals surface area contributed by atoms with Crippen LogP contribution in [0.5, 0.6) is 0 Å². The van der Waals surface area contributed by atoms with E-state index in [0.29, 0.717) is 5.69 Å². The van der Waals surface area contributed by atoms with E-state index in [1.807, 2.05) is 42.5 Å². The molecule has 2 aromatic rings. The smallest absolute Gasteiger partial charge is 0.211 e. The molecule has 0 radical (unpaired) electrons. The van der Waals surface area contributed by atoms with Gasteiger partial charge in [-0.25, -0.2) is 4.79 Å². The molecule has 0 heterocycles. The Kier molecular flexibility index (Phi) is 4.06. The largest absolute Gasteiger partial charge is 0.240 e. The molecule has 2 heteroatoms. The van der Waals surface area contributed by atoms with Gasteiger partial charge in [0.2, 0.25) is 6.08 Å². The Morgan fingerprint density at radius 3 is 2.56 bits per heavy atom. The van der Waals surface area contributed by atoms with Crippen LogP contribution in [0, 0.1) is 0 Å². The molecule has 0 aromatic heterocycles. The second-order valence-electron chi connectivity index (χ2n) is 4.17. The Morgan fingerprint density at radius 1 is 1.11 bits per heavy atom. The maximum absolute atomic E-state index is 10.5. The number of nitrogens with zero attached hydrogens (tertiary/aromatic N) is 1. The summed E-state index contributed by atoms with van der Waals surface area (Å²) >= 11 is 0. The van der Waals surface area contributed by atoms with Crippen molar-refractivity contribution in [2.45, 2.75) is 19.8 Å². The molecule has 0 aliphatic carbocycles. The van der Waals surface area contributed by atoms with Gasteiger partial charge in [-0.2, -0.15) is 4.99 Å². The molecule has 90 valence electrons. The number of hydrogen-bond acceptors (Lipinski definition) is 2. The summed E-state index contributed by atoms with van der Waals surface area (Å²) in [5.74, 6) is 0. The van der Waals surface area contributed by atoms with Crippen LogP contribution in [-0.2, 0) is 11.2 Å². The predicted molar refractivity (Wildman–Crippen MR) is 73.7 cm³/mol. The molecule has 18 heavy (non-hydrogen) atoms. The summed E-state index contributed by atoms with van der Waals surface area (Å²) in [5.41, 5.74) is 4.01. The molecular weight excluding hydrogens is 222 g/mol. The summed E-state index contributed by atoms with van der Waals surface area (Å²) in [6.07, 6.45) is 3.75. The van der Waals surface area contributed by atoms with Gasteiger partial charge in [-0.1, -0.05) is 49.7 Å². The van der Waals surface area contributed by atoms with Crippen molar-refractivity contribution < 1.29 is 4.79 Å². The molecule has 0 unspecified atom stereocenters. The van der Waals surface area contributed by atoms with Gasteiger partial charge in [-0.3, -0.25) is 0 Å². The highest BCUT2D eigenvalue weighted by atomic mass is 16.1. The molecule has 0 spiro atoms. The zero-order valence-electron chi connectivity index (χ0n) is 10.4. The number of benzene rings is 2. The van der Waals surface area contributed by atoms with Crippen molar-refractivity contribution in [2.75, 3.05) is 0 Å². The summed E-state index contributed by atoms with van der Waals surface area (Å²) in [6, 6.07) is 16.0. The van der Waals surface area contributed by atoms with Gasteiger partial charge in [0, 0.05) is 5.56 Å². The summed E-state index contributed by atoms with van der Waals surface area (Å²) in [6.45, 7) is 2.15. The fraction of sp³-hybridized carbons (Fsp3) is 0.188. The average molecular weight is 237 g/mol. The minimum Gasteiger partial charge on any atom is -0.211 e. The fourth-order valence-electron chi connectivity index (χ4n) is 2.02. The van der Waals surface area contributed by atoms with E-state index >= 15 is 0 Å². The molecule has 0 aliphatic rings. The van der Waals surface area contributed by atoms with Gasteiger partial charge in [0.1, 0.15) is 0 Å². The highest BCUT2D eigenvalue weighted by molar-refractivity contribution is 5.77. The van der Waals surface area contributed by atoms with Gasteiger partial charge in [-0.05, 0) is 29.7 Å². The second-order valence-corrected chi connectivity index (χ2v) is 4.17. The third-order valence-electron chi connectivity index (χ3n) is 2.85. The zero-order valence-corrected chi connectivity index (χ0v) is 10.4. The van der Waals surface area contributed by atoms with E-state index in [-0.39, 0.29) is 0 Å². The van der Waals surface area contributed by atoms with Crippen molar-refractivity contribution in [3.63, 3.8) is 0 Å². The first kappa shape index (κ1) is 12.3. The number of aliphatic imine (C=N–C) groups is 1. The van der Waals surface area contributed by atoms with E-state index in [1.54, 1.807) is 6.08 Å². The summed E-state index contributed by atoms with van der Waals surface area (Å²) in [5, 5.41) is 0. The molecule has 0 bridgehead atoms. The van der Waals surface area contributed by atoms with Crippen molar-refractivity contribution in [3.05, 3.63) is 54.1 Å². The summed E-state index contributed by atoms with van der Waals surface area (Å²) in [7, 11) is 0. The van der Waals surface area contributed by atoms with E-state index in [2.05, 4.69) is 18.0 Å². The van der Waals surface area contributed by atoms with E-state index in [9.17, 15) is 4.79 Å². The second kappa shape index (κ2) is 5.95. The Labute approximate surface area is 107 Å². The summed E-state index contributed by atoms with van der Waals surface area (Å²) < 4.78 is 0. The van der Waals surface area contributed by atoms with Crippen LogP contribution >= 0.6 is 0 Å². The lowest BCUT2D eigenvalue weighted by Gasteiger charge is -2.07.